The SMILES string of the molecule is CN=C(NCCCCc1ccc([N+](=O)[O-])cc1)NC(C)(C)C.I. The van der Waals surface area contributed by atoms with Crippen LogP contribution in [0.1, 0.15) is 39.2 Å². The molecule has 0 aliphatic carbocycles. The fraction of sp³-hybridized carbons (Fsp3) is 0.562. The Kier molecular flexibility index (Phi) is 9.78. The van der Waals surface area contributed by atoms with Crippen LogP contribution in [-0.4, -0.2) is 30.0 Å². The number of hydrogen-bond donors (Lipinski definition) is 2. The van der Waals surface area contributed by atoms with Gasteiger partial charge in [-0.15, -0.1) is 24.0 Å². The van der Waals surface area contributed by atoms with E-state index in [2.05, 4.69) is 36.4 Å². The molecule has 0 atom stereocenters. The third-order valence-electron chi connectivity index (χ3n) is 3.05. The Morgan fingerprint density at radius 1 is 1.22 bits per heavy atom. The van der Waals surface area contributed by atoms with E-state index in [9.17, 15) is 10.1 Å². The van der Waals surface area contributed by atoms with E-state index in [-0.39, 0.29) is 40.1 Å². The Morgan fingerprint density at radius 3 is 2.30 bits per heavy atom. The van der Waals surface area contributed by atoms with Crippen molar-refractivity contribution in [1.82, 2.24) is 10.6 Å². The van der Waals surface area contributed by atoms with Gasteiger partial charge in [0.2, 0.25) is 0 Å². The highest BCUT2D eigenvalue weighted by molar-refractivity contribution is 14.0. The molecular weight excluding hydrogens is 407 g/mol. The number of non-ortho nitro benzene ring substituents is 1. The van der Waals surface area contributed by atoms with Gasteiger partial charge in [-0.2, -0.15) is 0 Å². The number of nitro benzene ring substituents is 1. The highest BCUT2D eigenvalue weighted by atomic mass is 127. The van der Waals surface area contributed by atoms with Crippen LogP contribution in [0.25, 0.3) is 0 Å². The van der Waals surface area contributed by atoms with E-state index >= 15 is 0 Å². The van der Waals surface area contributed by atoms with Crippen LogP contribution in [0.5, 0.6) is 0 Å². The zero-order chi connectivity index (χ0) is 16.6. The van der Waals surface area contributed by atoms with Crippen molar-refractivity contribution in [3.05, 3.63) is 39.9 Å². The quantitative estimate of drug-likeness (QED) is 0.179. The van der Waals surface area contributed by atoms with Gasteiger partial charge in [0.25, 0.3) is 5.69 Å². The summed E-state index contributed by atoms with van der Waals surface area (Å²) < 4.78 is 0. The monoisotopic (exact) mass is 434 g/mol. The summed E-state index contributed by atoms with van der Waals surface area (Å²) in [7, 11) is 1.76. The molecule has 1 rings (SSSR count). The molecule has 0 unspecified atom stereocenters. The molecule has 2 N–H and O–H groups in total. The van der Waals surface area contributed by atoms with Crippen molar-refractivity contribution in [3.63, 3.8) is 0 Å². The minimum atomic E-state index is -0.373. The van der Waals surface area contributed by atoms with Crippen LogP contribution in [0, 0.1) is 10.1 Å². The van der Waals surface area contributed by atoms with Gasteiger partial charge in [0.05, 0.1) is 4.92 Å². The zero-order valence-corrected chi connectivity index (χ0v) is 16.6. The molecule has 1 aromatic carbocycles. The van der Waals surface area contributed by atoms with Crippen LogP contribution < -0.4 is 10.6 Å². The number of guanidine groups is 1. The number of unbranched alkanes of at least 4 members (excludes halogenated alkanes) is 1. The molecule has 0 saturated heterocycles. The van der Waals surface area contributed by atoms with Gasteiger partial charge in [0, 0.05) is 31.3 Å². The van der Waals surface area contributed by atoms with Gasteiger partial charge in [-0.3, -0.25) is 15.1 Å². The first-order chi connectivity index (χ1) is 10.3. The first-order valence-corrected chi connectivity index (χ1v) is 7.54. The van der Waals surface area contributed by atoms with Crippen LogP contribution >= 0.6 is 24.0 Å². The summed E-state index contributed by atoms with van der Waals surface area (Å²) >= 11 is 0. The Bertz CT molecular complexity index is 510. The summed E-state index contributed by atoms with van der Waals surface area (Å²) in [5, 5.41) is 17.2. The van der Waals surface area contributed by atoms with E-state index in [0.717, 1.165) is 37.3 Å². The third-order valence-corrected chi connectivity index (χ3v) is 3.05. The van der Waals surface area contributed by atoms with Crippen molar-refractivity contribution in [1.29, 1.82) is 0 Å². The van der Waals surface area contributed by atoms with Gasteiger partial charge in [-0.25, -0.2) is 0 Å². The number of nitrogens with zero attached hydrogens (tertiary/aromatic N) is 2. The first-order valence-electron chi connectivity index (χ1n) is 7.54. The lowest BCUT2D eigenvalue weighted by Gasteiger charge is -2.23. The second-order valence-electron chi connectivity index (χ2n) is 6.25. The predicted octanol–water partition coefficient (Wildman–Crippen LogP) is 3.50. The van der Waals surface area contributed by atoms with Crippen molar-refractivity contribution in [2.24, 2.45) is 4.99 Å². The predicted molar refractivity (Wildman–Crippen MR) is 106 cm³/mol. The van der Waals surface area contributed by atoms with E-state index in [1.165, 1.54) is 0 Å². The molecular formula is C16H27IN4O2. The Hall–Kier alpha value is -1.38. The summed E-state index contributed by atoms with van der Waals surface area (Å²) in [6.45, 7) is 7.13. The molecule has 23 heavy (non-hydrogen) atoms. The molecule has 0 saturated carbocycles. The Labute approximate surface area is 155 Å². The lowest BCUT2D eigenvalue weighted by Crippen LogP contribution is -2.47. The van der Waals surface area contributed by atoms with Crippen molar-refractivity contribution >= 4 is 35.6 Å². The maximum Gasteiger partial charge on any atom is 0.269 e. The largest absolute Gasteiger partial charge is 0.356 e. The molecule has 130 valence electrons. The molecule has 0 spiro atoms. The van der Waals surface area contributed by atoms with Crippen molar-refractivity contribution in [2.45, 2.75) is 45.6 Å². The van der Waals surface area contributed by atoms with E-state index in [1.807, 2.05) is 12.1 Å². The molecule has 0 aromatic heterocycles. The van der Waals surface area contributed by atoms with Crippen molar-refractivity contribution < 1.29 is 4.92 Å². The maximum atomic E-state index is 10.6. The zero-order valence-electron chi connectivity index (χ0n) is 14.3. The van der Waals surface area contributed by atoms with E-state index in [1.54, 1.807) is 19.2 Å². The van der Waals surface area contributed by atoms with Gasteiger partial charge in [0.1, 0.15) is 0 Å². The lowest BCUT2D eigenvalue weighted by atomic mass is 10.1. The van der Waals surface area contributed by atoms with Gasteiger partial charge >= 0.3 is 0 Å². The van der Waals surface area contributed by atoms with E-state index in [4.69, 9.17) is 0 Å². The smallest absolute Gasteiger partial charge is 0.269 e. The number of hydrogen-bond acceptors (Lipinski definition) is 3. The van der Waals surface area contributed by atoms with Gasteiger partial charge in [-0.05, 0) is 45.6 Å². The highest BCUT2D eigenvalue weighted by Crippen LogP contribution is 2.13. The van der Waals surface area contributed by atoms with E-state index < -0.39 is 0 Å². The van der Waals surface area contributed by atoms with Crippen LogP contribution in [0.2, 0.25) is 0 Å². The molecule has 7 heteroatoms. The molecule has 0 bridgehead atoms. The topological polar surface area (TPSA) is 79.6 Å². The lowest BCUT2D eigenvalue weighted by molar-refractivity contribution is -0.384. The summed E-state index contributed by atoms with van der Waals surface area (Å²) in [5.41, 5.74) is 1.26. The second-order valence-corrected chi connectivity index (χ2v) is 6.25. The average molecular weight is 434 g/mol. The van der Waals surface area contributed by atoms with Gasteiger partial charge in [0.15, 0.2) is 5.96 Å². The Morgan fingerprint density at radius 2 is 1.83 bits per heavy atom. The van der Waals surface area contributed by atoms with Crippen molar-refractivity contribution in [3.8, 4) is 0 Å². The number of halogens is 1. The van der Waals surface area contributed by atoms with Crippen LogP contribution in [0.3, 0.4) is 0 Å². The molecule has 0 fully saturated rings. The fourth-order valence-electron chi connectivity index (χ4n) is 1.98. The highest BCUT2D eigenvalue weighted by Gasteiger charge is 2.11. The molecule has 0 aliphatic heterocycles. The summed E-state index contributed by atoms with van der Waals surface area (Å²) in [5.74, 6) is 0.808. The molecule has 0 radical (unpaired) electrons. The van der Waals surface area contributed by atoms with Crippen LogP contribution in [0.15, 0.2) is 29.3 Å². The normalized spacial score (nSPS) is 11.6. The second kappa shape index (κ2) is 10.4. The number of rotatable bonds is 6. The average Bonchev–Trinajstić information content (AvgIpc) is 2.45. The number of nitrogens with one attached hydrogen (secondary N) is 2. The van der Waals surface area contributed by atoms with Crippen molar-refractivity contribution in [2.75, 3.05) is 13.6 Å². The number of nitro groups is 1. The Balaban J connectivity index is 0.00000484. The minimum absolute atomic E-state index is 0. The minimum Gasteiger partial charge on any atom is -0.356 e. The fourth-order valence-corrected chi connectivity index (χ4v) is 1.98. The van der Waals surface area contributed by atoms with Gasteiger partial charge in [-0.1, -0.05) is 12.1 Å². The number of benzene rings is 1. The summed E-state index contributed by atoms with van der Waals surface area (Å²) in [6, 6.07) is 6.77. The molecule has 0 aliphatic rings. The van der Waals surface area contributed by atoms with E-state index in [0.29, 0.717) is 0 Å². The summed E-state index contributed by atoms with van der Waals surface area (Å²) in [4.78, 5) is 14.4. The molecule has 6 nitrogen and oxygen atoms in total. The van der Waals surface area contributed by atoms with Crippen LogP contribution in [0.4, 0.5) is 5.69 Å². The van der Waals surface area contributed by atoms with Crippen LogP contribution in [-0.2, 0) is 6.42 Å². The third kappa shape index (κ3) is 9.37. The standard InChI is InChI=1S/C16H26N4O2.HI/c1-16(2,3)19-15(17-4)18-12-6-5-7-13-8-10-14(11-9-13)20(21)22;/h8-11H,5-7,12H2,1-4H3,(H2,17,18,19);1H. The molecule has 0 amide bonds. The van der Waals surface area contributed by atoms with Gasteiger partial charge < -0.3 is 10.6 Å². The first kappa shape index (κ1) is 21.6. The number of aryl methyl sites for hydroxylation is 1. The number of aliphatic imine (C=N–C) groups is 1. The molecule has 0 heterocycles. The molecule has 1 aromatic rings. The summed E-state index contributed by atoms with van der Waals surface area (Å²) in [6.07, 6.45) is 2.96. The maximum absolute atomic E-state index is 10.6.